The molecule has 0 aliphatic heterocycles. The van der Waals surface area contributed by atoms with Crippen LogP contribution in [0.4, 0.5) is 0 Å². The first kappa shape index (κ1) is 13.6. The van der Waals surface area contributed by atoms with Gasteiger partial charge in [0.05, 0.1) is 5.39 Å². The summed E-state index contributed by atoms with van der Waals surface area (Å²) in [4.78, 5) is 12.0. The van der Waals surface area contributed by atoms with Gasteiger partial charge in [-0.1, -0.05) is 63.2 Å². The maximum absolute atomic E-state index is 12.0. The highest BCUT2D eigenvalue weighted by Gasteiger charge is 2.13. The van der Waals surface area contributed by atoms with Gasteiger partial charge in [-0.15, -0.1) is 0 Å². The first-order chi connectivity index (χ1) is 9.95. The summed E-state index contributed by atoms with van der Waals surface area (Å²) in [6, 6.07) is 17.6. The standard InChI is InChI=1S/C19H18O2/c1-19(2,3)15-10-8-13(9-11-15)17-12-14-6-4-5-7-16(14)18(20)21-17/h4-12H,1-3H3. The zero-order valence-electron chi connectivity index (χ0n) is 12.5. The lowest BCUT2D eigenvalue weighted by Crippen LogP contribution is -2.10. The van der Waals surface area contributed by atoms with E-state index in [-0.39, 0.29) is 11.0 Å². The van der Waals surface area contributed by atoms with E-state index in [0.29, 0.717) is 11.1 Å². The minimum absolute atomic E-state index is 0.114. The van der Waals surface area contributed by atoms with E-state index in [2.05, 4.69) is 32.9 Å². The van der Waals surface area contributed by atoms with Gasteiger partial charge in [-0.25, -0.2) is 4.79 Å². The molecule has 0 saturated heterocycles. The van der Waals surface area contributed by atoms with Gasteiger partial charge in [-0.3, -0.25) is 0 Å². The first-order valence-corrected chi connectivity index (χ1v) is 7.09. The predicted octanol–water partition coefficient (Wildman–Crippen LogP) is 4.76. The molecule has 0 aliphatic rings. The second kappa shape index (κ2) is 4.88. The number of fused-ring (bicyclic) bond motifs is 1. The van der Waals surface area contributed by atoms with Gasteiger partial charge in [0.15, 0.2) is 0 Å². The number of rotatable bonds is 1. The van der Waals surface area contributed by atoms with Gasteiger partial charge < -0.3 is 4.42 Å². The topological polar surface area (TPSA) is 30.2 Å². The van der Waals surface area contributed by atoms with E-state index in [0.717, 1.165) is 10.9 Å². The molecule has 0 N–H and O–H groups in total. The van der Waals surface area contributed by atoms with Gasteiger partial charge in [0.1, 0.15) is 5.76 Å². The molecule has 2 heteroatoms. The van der Waals surface area contributed by atoms with Crippen LogP contribution in [0, 0.1) is 0 Å². The molecule has 0 saturated carbocycles. The highest BCUT2D eigenvalue weighted by atomic mass is 16.4. The average Bonchev–Trinajstić information content (AvgIpc) is 2.46. The van der Waals surface area contributed by atoms with Crippen LogP contribution in [0.15, 0.2) is 63.8 Å². The van der Waals surface area contributed by atoms with Crippen LogP contribution in [0.5, 0.6) is 0 Å². The Morgan fingerprint density at radius 2 is 1.57 bits per heavy atom. The van der Waals surface area contributed by atoms with Crippen molar-refractivity contribution in [3.8, 4) is 11.3 Å². The zero-order chi connectivity index (χ0) is 15.0. The Bertz CT molecular complexity index is 834. The third kappa shape index (κ3) is 2.62. The van der Waals surface area contributed by atoms with Crippen LogP contribution < -0.4 is 5.63 Å². The Morgan fingerprint density at radius 1 is 0.905 bits per heavy atom. The fraction of sp³-hybridized carbons (Fsp3) is 0.211. The Balaban J connectivity index is 2.10. The largest absolute Gasteiger partial charge is 0.422 e. The maximum Gasteiger partial charge on any atom is 0.344 e. The summed E-state index contributed by atoms with van der Waals surface area (Å²) in [7, 11) is 0. The quantitative estimate of drug-likeness (QED) is 0.642. The summed E-state index contributed by atoms with van der Waals surface area (Å²) in [5.41, 5.74) is 2.01. The maximum atomic E-state index is 12.0. The molecule has 0 bridgehead atoms. The van der Waals surface area contributed by atoms with Crippen molar-refractivity contribution in [3.63, 3.8) is 0 Å². The molecule has 3 aromatic rings. The third-order valence-electron chi connectivity index (χ3n) is 3.71. The predicted molar refractivity (Wildman–Crippen MR) is 86.6 cm³/mol. The average molecular weight is 278 g/mol. The van der Waals surface area contributed by atoms with Crippen molar-refractivity contribution < 1.29 is 4.42 Å². The van der Waals surface area contributed by atoms with Gasteiger partial charge >= 0.3 is 5.63 Å². The normalized spacial score (nSPS) is 11.8. The van der Waals surface area contributed by atoms with Crippen LogP contribution in [0.25, 0.3) is 22.1 Å². The molecule has 1 heterocycles. The lowest BCUT2D eigenvalue weighted by Gasteiger charge is -2.19. The highest BCUT2D eigenvalue weighted by Crippen LogP contribution is 2.26. The van der Waals surface area contributed by atoms with Crippen LogP contribution in [-0.4, -0.2) is 0 Å². The number of benzene rings is 2. The molecular weight excluding hydrogens is 260 g/mol. The summed E-state index contributed by atoms with van der Waals surface area (Å²) in [5.74, 6) is 0.610. The van der Waals surface area contributed by atoms with Gasteiger partial charge in [-0.2, -0.15) is 0 Å². The minimum atomic E-state index is -0.289. The van der Waals surface area contributed by atoms with E-state index in [1.54, 1.807) is 6.07 Å². The fourth-order valence-corrected chi connectivity index (χ4v) is 2.41. The van der Waals surface area contributed by atoms with Gasteiger partial charge in [0.25, 0.3) is 0 Å². The molecule has 0 atom stereocenters. The Labute approximate surface area is 124 Å². The molecule has 106 valence electrons. The van der Waals surface area contributed by atoms with Gasteiger partial charge in [0, 0.05) is 5.56 Å². The van der Waals surface area contributed by atoms with E-state index in [1.165, 1.54) is 5.56 Å². The van der Waals surface area contributed by atoms with Crippen LogP contribution in [0.1, 0.15) is 26.3 Å². The lowest BCUT2D eigenvalue weighted by molar-refractivity contribution is 0.534. The van der Waals surface area contributed by atoms with E-state index in [1.807, 2.05) is 36.4 Å². The van der Waals surface area contributed by atoms with E-state index in [9.17, 15) is 4.79 Å². The fourth-order valence-electron chi connectivity index (χ4n) is 2.41. The van der Waals surface area contributed by atoms with Gasteiger partial charge in [0.2, 0.25) is 0 Å². The summed E-state index contributed by atoms with van der Waals surface area (Å²) < 4.78 is 5.45. The SMILES string of the molecule is CC(C)(C)c1ccc(-c2cc3ccccc3c(=O)o2)cc1. The monoisotopic (exact) mass is 278 g/mol. The van der Waals surface area contributed by atoms with Crippen LogP contribution in [-0.2, 0) is 5.41 Å². The van der Waals surface area contributed by atoms with Crippen LogP contribution >= 0.6 is 0 Å². The van der Waals surface area contributed by atoms with Crippen molar-refractivity contribution in [2.24, 2.45) is 0 Å². The molecule has 2 nitrogen and oxygen atoms in total. The summed E-state index contributed by atoms with van der Waals surface area (Å²) in [5, 5.41) is 1.52. The summed E-state index contributed by atoms with van der Waals surface area (Å²) in [6.45, 7) is 6.54. The minimum Gasteiger partial charge on any atom is -0.422 e. The van der Waals surface area contributed by atoms with E-state index >= 15 is 0 Å². The molecule has 0 unspecified atom stereocenters. The van der Waals surface area contributed by atoms with Crippen molar-refractivity contribution in [1.82, 2.24) is 0 Å². The molecule has 0 aliphatic carbocycles. The molecule has 0 spiro atoms. The molecule has 2 aromatic carbocycles. The molecule has 0 fully saturated rings. The van der Waals surface area contributed by atoms with Crippen molar-refractivity contribution in [3.05, 3.63) is 70.6 Å². The summed E-state index contributed by atoms with van der Waals surface area (Å²) in [6.07, 6.45) is 0. The Hall–Kier alpha value is -2.35. The second-order valence-electron chi connectivity index (χ2n) is 6.31. The smallest absolute Gasteiger partial charge is 0.344 e. The van der Waals surface area contributed by atoms with E-state index < -0.39 is 0 Å². The molecule has 21 heavy (non-hydrogen) atoms. The number of hydrogen-bond donors (Lipinski definition) is 0. The van der Waals surface area contributed by atoms with E-state index in [4.69, 9.17) is 4.42 Å². The van der Waals surface area contributed by atoms with Crippen molar-refractivity contribution >= 4 is 10.8 Å². The Morgan fingerprint density at radius 3 is 2.24 bits per heavy atom. The molecule has 1 aromatic heterocycles. The van der Waals surface area contributed by atoms with Gasteiger partial charge in [-0.05, 0) is 28.5 Å². The molecule has 3 rings (SSSR count). The summed E-state index contributed by atoms with van der Waals surface area (Å²) >= 11 is 0. The second-order valence-corrected chi connectivity index (χ2v) is 6.31. The highest BCUT2D eigenvalue weighted by molar-refractivity contribution is 5.84. The van der Waals surface area contributed by atoms with Crippen molar-refractivity contribution in [2.75, 3.05) is 0 Å². The van der Waals surface area contributed by atoms with Crippen molar-refractivity contribution in [1.29, 1.82) is 0 Å². The molecule has 0 amide bonds. The zero-order valence-corrected chi connectivity index (χ0v) is 12.5. The van der Waals surface area contributed by atoms with Crippen LogP contribution in [0.2, 0.25) is 0 Å². The van der Waals surface area contributed by atoms with Crippen molar-refractivity contribution in [2.45, 2.75) is 26.2 Å². The van der Waals surface area contributed by atoms with Crippen LogP contribution in [0.3, 0.4) is 0 Å². The third-order valence-corrected chi connectivity index (χ3v) is 3.71. The molecular formula is C19H18O2. The number of hydrogen-bond acceptors (Lipinski definition) is 2. The first-order valence-electron chi connectivity index (χ1n) is 7.09. The lowest BCUT2D eigenvalue weighted by atomic mass is 9.86. The Kier molecular flexibility index (Phi) is 3.17. The molecule has 0 radical (unpaired) electrons.